The van der Waals surface area contributed by atoms with E-state index in [2.05, 4.69) is 11.6 Å². The summed E-state index contributed by atoms with van der Waals surface area (Å²) in [5.41, 5.74) is -2.44. The van der Waals surface area contributed by atoms with Gasteiger partial charge in [-0.2, -0.15) is 31.3 Å². The molecule has 0 fully saturated rings. The monoisotopic (exact) mass is 211 g/mol. The van der Waals surface area contributed by atoms with Crippen molar-refractivity contribution in [3.8, 4) is 0 Å². The Morgan fingerprint density at radius 2 is 1.50 bits per heavy atom. The van der Waals surface area contributed by atoms with Gasteiger partial charge in [0.2, 0.25) is 0 Å². The lowest BCUT2D eigenvalue weighted by Gasteiger charge is -2.05. The number of rotatable bonds is 2. The van der Waals surface area contributed by atoms with Crippen LogP contribution in [0.3, 0.4) is 0 Å². The molecule has 0 saturated carbocycles. The van der Waals surface area contributed by atoms with E-state index in [0.717, 1.165) is 0 Å². The van der Waals surface area contributed by atoms with Crippen LogP contribution in [-0.2, 0) is 0 Å². The SMILES string of the molecule is FC(F)=NC(=C(F)F)C(F)(F)Cl. The predicted molar refractivity (Wildman–Crippen MR) is 29.7 cm³/mol. The molecule has 70 valence electrons. The van der Waals surface area contributed by atoms with Crippen molar-refractivity contribution in [1.82, 2.24) is 0 Å². The molecule has 0 amide bonds. The molecule has 0 aliphatic rings. The van der Waals surface area contributed by atoms with Crippen molar-refractivity contribution < 1.29 is 26.3 Å². The van der Waals surface area contributed by atoms with Crippen LogP contribution < -0.4 is 0 Å². The van der Waals surface area contributed by atoms with Crippen LogP contribution in [-0.4, -0.2) is 11.6 Å². The van der Waals surface area contributed by atoms with Gasteiger partial charge in [0.05, 0.1) is 0 Å². The first-order valence-corrected chi connectivity index (χ1v) is 2.65. The van der Waals surface area contributed by atoms with Crippen molar-refractivity contribution in [2.45, 2.75) is 5.38 Å². The Balaban J connectivity index is 4.99. The van der Waals surface area contributed by atoms with Gasteiger partial charge < -0.3 is 0 Å². The summed E-state index contributed by atoms with van der Waals surface area (Å²) in [5, 5.41) is -4.59. The molecule has 0 radical (unpaired) electrons. The molecular formula is C4ClF6N. The fraction of sp³-hybridized carbons (Fsp3) is 0.250. The molecule has 0 atom stereocenters. The van der Waals surface area contributed by atoms with E-state index in [-0.39, 0.29) is 0 Å². The molecule has 12 heavy (non-hydrogen) atoms. The number of nitrogens with zero attached hydrogens (tertiary/aromatic N) is 1. The highest BCUT2D eigenvalue weighted by Crippen LogP contribution is 2.33. The molecule has 0 rings (SSSR count). The molecule has 0 aromatic heterocycles. The lowest BCUT2D eigenvalue weighted by atomic mass is 10.5. The summed E-state index contributed by atoms with van der Waals surface area (Å²) in [5.74, 6) is 0. The highest BCUT2D eigenvalue weighted by molar-refractivity contribution is 6.23. The minimum Gasteiger partial charge on any atom is -0.185 e. The first-order chi connectivity index (χ1) is 5.25. The van der Waals surface area contributed by atoms with Crippen molar-refractivity contribution in [2.75, 3.05) is 0 Å². The van der Waals surface area contributed by atoms with Crippen LogP contribution in [0.2, 0.25) is 0 Å². The smallest absolute Gasteiger partial charge is 0.185 e. The molecular weight excluding hydrogens is 211 g/mol. The molecule has 0 unspecified atom stereocenters. The lowest BCUT2D eigenvalue weighted by Crippen LogP contribution is -2.10. The van der Waals surface area contributed by atoms with E-state index in [1.54, 1.807) is 4.99 Å². The zero-order valence-electron chi connectivity index (χ0n) is 5.09. The highest BCUT2D eigenvalue weighted by Gasteiger charge is 2.36. The van der Waals surface area contributed by atoms with E-state index in [1.807, 2.05) is 0 Å². The molecule has 0 N–H and O–H groups in total. The minimum absolute atomic E-state index is 1.58. The van der Waals surface area contributed by atoms with Gasteiger partial charge >= 0.3 is 11.6 Å². The van der Waals surface area contributed by atoms with Gasteiger partial charge in [-0.1, -0.05) is 0 Å². The first kappa shape index (κ1) is 11.3. The van der Waals surface area contributed by atoms with Crippen molar-refractivity contribution in [3.05, 3.63) is 11.8 Å². The molecule has 1 nitrogen and oxygen atoms in total. The molecule has 0 aliphatic heterocycles. The fourth-order valence-corrected chi connectivity index (χ4v) is 0.411. The van der Waals surface area contributed by atoms with Gasteiger partial charge in [-0.05, 0) is 11.6 Å². The van der Waals surface area contributed by atoms with E-state index >= 15 is 0 Å². The summed E-state index contributed by atoms with van der Waals surface area (Å²) >= 11 is 4.03. The van der Waals surface area contributed by atoms with Crippen molar-refractivity contribution >= 4 is 17.8 Å². The van der Waals surface area contributed by atoms with Crippen LogP contribution in [0.4, 0.5) is 26.3 Å². The molecule has 0 spiro atoms. The minimum atomic E-state index is -4.59. The second kappa shape index (κ2) is 3.79. The first-order valence-electron chi connectivity index (χ1n) is 2.27. The average Bonchev–Trinajstić information content (AvgIpc) is 1.79. The summed E-state index contributed by atoms with van der Waals surface area (Å²) in [4.78, 5) is 1.58. The molecule has 0 saturated heterocycles. The van der Waals surface area contributed by atoms with Gasteiger partial charge in [-0.3, -0.25) is 0 Å². The van der Waals surface area contributed by atoms with Gasteiger partial charge in [-0.25, -0.2) is 0 Å². The van der Waals surface area contributed by atoms with Gasteiger partial charge in [0.25, 0.3) is 6.08 Å². The standard InChI is InChI=1S/C4ClF6N/c5-4(10,11)1(2(6)7)12-3(8)9. The Hall–Kier alpha value is -0.720. The molecule has 0 aliphatic carbocycles. The molecule has 0 bridgehead atoms. The quantitative estimate of drug-likeness (QED) is 0.378. The molecule has 0 aromatic carbocycles. The summed E-state index contributed by atoms with van der Waals surface area (Å²) in [7, 11) is 0. The van der Waals surface area contributed by atoms with Crippen LogP contribution in [0.15, 0.2) is 16.8 Å². The highest BCUT2D eigenvalue weighted by atomic mass is 35.5. The van der Waals surface area contributed by atoms with Crippen LogP contribution in [0.1, 0.15) is 0 Å². The van der Waals surface area contributed by atoms with Crippen LogP contribution in [0, 0.1) is 0 Å². The lowest BCUT2D eigenvalue weighted by molar-refractivity contribution is 0.128. The second-order valence-corrected chi connectivity index (χ2v) is 1.93. The van der Waals surface area contributed by atoms with E-state index in [1.165, 1.54) is 0 Å². The van der Waals surface area contributed by atoms with Gasteiger partial charge in [-0.15, -0.1) is 0 Å². The third kappa shape index (κ3) is 3.61. The van der Waals surface area contributed by atoms with Gasteiger partial charge in [0.1, 0.15) is 0 Å². The Labute approximate surface area is 67.3 Å². The number of hydrogen-bond donors (Lipinski definition) is 0. The number of halogens is 7. The van der Waals surface area contributed by atoms with Crippen molar-refractivity contribution in [3.63, 3.8) is 0 Å². The van der Waals surface area contributed by atoms with E-state index in [4.69, 9.17) is 0 Å². The maximum absolute atomic E-state index is 11.8. The van der Waals surface area contributed by atoms with E-state index in [0.29, 0.717) is 0 Å². The largest absolute Gasteiger partial charge is 0.370 e. The normalized spacial score (nSPS) is 10.9. The topological polar surface area (TPSA) is 12.4 Å². The zero-order chi connectivity index (χ0) is 9.94. The average molecular weight is 211 g/mol. The van der Waals surface area contributed by atoms with E-state index < -0.39 is 23.4 Å². The number of hydrogen-bond acceptors (Lipinski definition) is 1. The maximum atomic E-state index is 11.8. The Bertz CT molecular complexity index is 220. The van der Waals surface area contributed by atoms with Gasteiger partial charge in [0, 0.05) is 0 Å². The number of aliphatic imine (C=N–C) groups is 1. The van der Waals surface area contributed by atoms with Crippen LogP contribution >= 0.6 is 11.6 Å². The third-order valence-electron chi connectivity index (χ3n) is 0.644. The van der Waals surface area contributed by atoms with Gasteiger partial charge in [0.15, 0.2) is 5.70 Å². The van der Waals surface area contributed by atoms with Crippen LogP contribution in [0.5, 0.6) is 0 Å². The third-order valence-corrected chi connectivity index (χ3v) is 0.823. The Morgan fingerprint density at radius 1 is 1.08 bits per heavy atom. The maximum Gasteiger partial charge on any atom is 0.370 e. The van der Waals surface area contributed by atoms with Crippen molar-refractivity contribution in [1.29, 1.82) is 0 Å². The number of allylic oxidation sites excluding steroid dienone is 1. The zero-order valence-corrected chi connectivity index (χ0v) is 5.85. The summed E-state index contributed by atoms with van der Waals surface area (Å²) in [6, 6.07) is 0. The Morgan fingerprint density at radius 3 is 1.58 bits per heavy atom. The molecule has 8 heteroatoms. The predicted octanol–water partition coefficient (Wildman–Crippen LogP) is 3.22. The number of alkyl halides is 3. The Kier molecular flexibility index (Phi) is 3.56. The van der Waals surface area contributed by atoms with Crippen LogP contribution in [0.25, 0.3) is 0 Å². The molecule has 0 heterocycles. The summed E-state index contributed by atoms with van der Waals surface area (Å²) in [6.45, 7) is 0. The second-order valence-electron chi connectivity index (χ2n) is 1.46. The van der Waals surface area contributed by atoms with E-state index in [9.17, 15) is 26.3 Å². The summed E-state index contributed by atoms with van der Waals surface area (Å²) in [6.07, 6.45) is -5.97. The fourth-order valence-electron chi connectivity index (χ4n) is 0.297. The summed E-state index contributed by atoms with van der Waals surface area (Å²) < 4.78 is 68.8. The molecule has 0 aromatic rings. The van der Waals surface area contributed by atoms with Crippen molar-refractivity contribution in [2.24, 2.45) is 4.99 Å².